The van der Waals surface area contributed by atoms with Crippen LogP contribution in [0.2, 0.25) is 0 Å². The fourth-order valence-corrected chi connectivity index (χ4v) is 4.64. The van der Waals surface area contributed by atoms with Gasteiger partial charge in [-0.3, -0.25) is 9.78 Å². The molecule has 3 N–H and O–H groups in total. The van der Waals surface area contributed by atoms with Gasteiger partial charge in [0, 0.05) is 67.1 Å². The van der Waals surface area contributed by atoms with Crippen molar-refractivity contribution >= 4 is 17.8 Å². The summed E-state index contributed by atoms with van der Waals surface area (Å²) in [6.45, 7) is 5.41. The number of piperidine rings is 1. The maximum absolute atomic E-state index is 14.5. The second-order valence-electron chi connectivity index (χ2n) is 8.50. The first-order valence-corrected chi connectivity index (χ1v) is 12.3. The molecule has 2 aromatic carbocycles. The number of halogens is 1. The van der Waals surface area contributed by atoms with Crippen LogP contribution in [-0.4, -0.2) is 54.4 Å². The third-order valence-corrected chi connectivity index (χ3v) is 6.42. The summed E-state index contributed by atoms with van der Waals surface area (Å²) in [6, 6.07) is 14.4. The Hall–Kier alpha value is -3.78. The van der Waals surface area contributed by atoms with E-state index in [0.717, 1.165) is 28.1 Å². The predicted octanol–water partition coefficient (Wildman–Crippen LogP) is 5.26. The van der Waals surface area contributed by atoms with Crippen LogP contribution in [-0.2, 0) is 6.54 Å². The largest absolute Gasteiger partial charge is 0.457 e. The third-order valence-electron chi connectivity index (χ3n) is 6.42. The lowest BCUT2D eigenvalue weighted by molar-refractivity contribution is 0.0514. The Morgan fingerprint density at radius 3 is 2.72 bits per heavy atom. The van der Waals surface area contributed by atoms with Gasteiger partial charge in [-0.1, -0.05) is 19.9 Å². The van der Waals surface area contributed by atoms with Crippen molar-refractivity contribution in [1.29, 1.82) is 5.41 Å². The average Bonchev–Trinajstić information content (AvgIpc) is 3.25. The lowest BCUT2D eigenvalue weighted by atomic mass is 10.0. The van der Waals surface area contributed by atoms with Gasteiger partial charge in [-0.25, -0.2) is 4.39 Å². The standard InChI is InChI=1S/C26H26FN5O2.C2H6/c1-29-23-11-19(4-2-17(23)13-28)34-20-6-9-31-24(12-20)16-3-5-21-18(10-16)15-32(26(21)33)25-7-8-30-14-22(25)27;1-2/h2-6,9-13,22,25,28-30H,7-8,14-15H2,1H3;1-2H3/t22-,25+;/m1./s1. The van der Waals surface area contributed by atoms with Crippen molar-refractivity contribution in [2.75, 3.05) is 25.5 Å². The van der Waals surface area contributed by atoms with Gasteiger partial charge in [0.05, 0.1) is 11.7 Å². The second kappa shape index (κ2) is 11.3. The minimum atomic E-state index is -1.06. The summed E-state index contributed by atoms with van der Waals surface area (Å²) in [4.78, 5) is 19.1. The number of ether oxygens (including phenoxy) is 1. The molecule has 2 aliphatic heterocycles. The number of hydrogen-bond acceptors (Lipinski definition) is 6. The number of rotatable bonds is 6. The van der Waals surface area contributed by atoms with E-state index in [1.165, 1.54) is 6.21 Å². The number of fused-ring (bicyclic) bond motifs is 1. The highest BCUT2D eigenvalue weighted by Crippen LogP contribution is 2.33. The number of amides is 1. The quantitative estimate of drug-likeness (QED) is 0.411. The van der Waals surface area contributed by atoms with Gasteiger partial charge in [0.2, 0.25) is 0 Å². The van der Waals surface area contributed by atoms with Crippen molar-refractivity contribution < 1.29 is 13.9 Å². The van der Waals surface area contributed by atoms with E-state index >= 15 is 0 Å². The summed E-state index contributed by atoms with van der Waals surface area (Å²) < 4.78 is 20.5. The van der Waals surface area contributed by atoms with E-state index in [1.807, 2.05) is 56.3 Å². The maximum atomic E-state index is 14.5. The van der Waals surface area contributed by atoms with Crippen LogP contribution in [0.4, 0.5) is 10.1 Å². The van der Waals surface area contributed by atoms with Crippen molar-refractivity contribution in [2.45, 2.75) is 39.0 Å². The molecule has 5 rings (SSSR count). The number of anilines is 1. The smallest absolute Gasteiger partial charge is 0.254 e. The molecule has 3 aromatic rings. The summed E-state index contributed by atoms with van der Waals surface area (Å²) in [5.41, 5.74) is 4.70. The molecule has 1 aromatic heterocycles. The highest BCUT2D eigenvalue weighted by molar-refractivity contribution is 5.99. The first-order valence-electron chi connectivity index (χ1n) is 12.3. The lowest BCUT2D eigenvalue weighted by Crippen LogP contribution is -2.51. The Morgan fingerprint density at radius 2 is 1.97 bits per heavy atom. The van der Waals surface area contributed by atoms with E-state index in [2.05, 4.69) is 15.6 Å². The van der Waals surface area contributed by atoms with E-state index in [4.69, 9.17) is 10.1 Å². The number of nitrogens with one attached hydrogen (secondary N) is 3. The molecule has 36 heavy (non-hydrogen) atoms. The molecule has 8 heteroatoms. The number of nitrogens with zero attached hydrogens (tertiary/aromatic N) is 2. The maximum Gasteiger partial charge on any atom is 0.254 e. The van der Waals surface area contributed by atoms with Crippen LogP contribution in [0.25, 0.3) is 11.3 Å². The summed E-state index contributed by atoms with van der Waals surface area (Å²) in [5, 5.41) is 13.6. The van der Waals surface area contributed by atoms with E-state index in [0.29, 0.717) is 36.6 Å². The van der Waals surface area contributed by atoms with Gasteiger partial charge in [0.1, 0.15) is 17.7 Å². The van der Waals surface area contributed by atoms with Crippen molar-refractivity contribution in [1.82, 2.24) is 15.2 Å². The molecular formula is C28H32FN5O2. The fraction of sp³-hybridized carbons (Fsp3) is 0.321. The number of benzene rings is 2. The summed E-state index contributed by atoms with van der Waals surface area (Å²) in [5.74, 6) is 1.17. The van der Waals surface area contributed by atoms with Crippen LogP contribution in [0, 0.1) is 5.41 Å². The lowest BCUT2D eigenvalue weighted by Gasteiger charge is -2.34. The summed E-state index contributed by atoms with van der Waals surface area (Å²) >= 11 is 0. The molecule has 2 atom stereocenters. The third kappa shape index (κ3) is 5.09. The zero-order valence-corrected chi connectivity index (χ0v) is 20.8. The number of carbonyl (C=O) groups excluding carboxylic acids is 1. The molecule has 0 spiro atoms. The van der Waals surface area contributed by atoms with Gasteiger partial charge >= 0.3 is 0 Å². The second-order valence-corrected chi connectivity index (χ2v) is 8.50. The van der Waals surface area contributed by atoms with Gasteiger partial charge in [0.15, 0.2) is 0 Å². The van der Waals surface area contributed by atoms with Crippen LogP contribution in [0.15, 0.2) is 54.7 Å². The molecule has 0 bridgehead atoms. The fourth-order valence-electron chi connectivity index (χ4n) is 4.64. The highest BCUT2D eigenvalue weighted by atomic mass is 19.1. The number of pyridine rings is 1. The Labute approximate surface area is 211 Å². The van der Waals surface area contributed by atoms with Crippen LogP contribution in [0.3, 0.4) is 0 Å². The molecule has 1 saturated heterocycles. The van der Waals surface area contributed by atoms with Crippen LogP contribution < -0.4 is 15.4 Å². The molecular weight excluding hydrogens is 457 g/mol. The molecule has 7 nitrogen and oxygen atoms in total. The highest BCUT2D eigenvalue weighted by Gasteiger charge is 2.38. The van der Waals surface area contributed by atoms with Gasteiger partial charge in [-0.15, -0.1) is 0 Å². The number of hydrogen-bond donors (Lipinski definition) is 3. The molecule has 0 radical (unpaired) electrons. The first kappa shape index (κ1) is 25.3. The van der Waals surface area contributed by atoms with Crippen molar-refractivity contribution in [3.8, 4) is 22.8 Å². The molecule has 1 fully saturated rings. The van der Waals surface area contributed by atoms with Gasteiger partial charge in [0.25, 0.3) is 5.91 Å². The van der Waals surface area contributed by atoms with Crippen LogP contribution in [0.1, 0.15) is 41.8 Å². The van der Waals surface area contributed by atoms with Crippen LogP contribution in [0.5, 0.6) is 11.5 Å². The van der Waals surface area contributed by atoms with Crippen molar-refractivity contribution in [3.63, 3.8) is 0 Å². The topological polar surface area (TPSA) is 90.3 Å². The predicted molar refractivity (Wildman–Crippen MR) is 141 cm³/mol. The van der Waals surface area contributed by atoms with Crippen molar-refractivity contribution in [3.05, 3.63) is 71.4 Å². The van der Waals surface area contributed by atoms with Crippen LogP contribution >= 0.6 is 0 Å². The van der Waals surface area contributed by atoms with E-state index in [1.54, 1.807) is 24.2 Å². The molecule has 1 amide bonds. The van der Waals surface area contributed by atoms with Crippen molar-refractivity contribution in [2.24, 2.45) is 0 Å². The van der Waals surface area contributed by atoms with Gasteiger partial charge in [-0.05, 0) is 48.9 Å². The number of alkyl halides is 1. The molecule has 188 valence electrons. The summed E-state index contributed by atoms with van der Waals surface area (Å²) in [7, 11) is 1.80. The zero-order chi connectivity index (χ0) is 25.7. The first-order chi connectivity index (χ1) is 17.6. The average molecular weight is 490 g/mol. The minimum absolute atomic E-state index is 0.102. The number of aromatic nitrogens is 1. The zero-order valence-electron chi connectivity index (χ0n) is 20.8. The summed E-state index contributed by atoms with van der Waals surface area (Å²) in [6.07, 6.45) is 2.53. The molecule has 0 aliphatic carbocycles. The van der Waals surface area contributed by atoms with Gasteiger partial charge < -0.3 is 25.7 Å². The SMILES string of the molecule is CC.CNc1cc(Oc2ccnc(-c3ccc4c(c3)CN([C@H]3CCNC[C@H]3F)C4=O)c2)ccc1C=N. The molecule has 0 saturated carbocycles. The Kier molecular flexibility index (Phi) is 7.95. The van der Waals surface area contributed by atoms with E-state index < -0.39 is 6.17 Å². The van der Waals surface area contributed by atoms with E-state index in [9.17, 15) is 9.18 Å². The number of carbonyl (C=O) groups is 1. The van der Waals surface area contributed by atoms with Gasteiger partial charge in [-0.2, -0.15) is 0 Å². The minimum Gasteiger partial charge on any atom is -0.457 e. The van der Waals surface area contributed by atoms with E-state index in [-0.39, 0.29) is 18.5 Å². The molecule has 2 aliphatic rings. The Bertz CT molecular complexity index is 1250. The normalized spacial score (nSPS) is 18.7. The molecule has 0 unspecified atom stereocenters. The Morgan fingerprint density at radius 1 is 1.17 bits per heavy atom. The molecule has 3 heterocycles. The Balaban J connectivity index is 0.00000148. The monoisotopic (exact) mass is 489 g/mol.